The van der Waals surface area contributed by atoms with Gasteiger partial charge in [-0.1, -0.05) is 12.8 Å². The summed E-state index contributed by atoms with van der Waals surface area (Å²) in [6.07, 6.45) is 10.6. The van der Waals surface area contributed by atoms with E-state index < -0.39 is 0 Å². The third kappa shape index (κ3) is 5.24. The van der Waals surface area contributed by atoms with Crippen molar-refractivity contribution in [2.45, 2.75) is 57.2 Å². The van der Waals surface area contributed by atoms with E-state index in [2.05, 4.69) is 15.3 Å². The molecular formula is C20H33N5O3. The van der Waals surface area contributed by atoms with E-state index in [0.29, 0.717) is 12.6 Å². The Morgan fingerprint density at radius 3 is 2.71 bits per heavy atom. The lowest BCUT2D eigenvalue weighted by atomic mass is 10.1. The number of amides is 2. The number of aromatic nitrogens is 2. The Balaban J connectivity index is 1.30. The van der Waals surface area contributed by atoms with Crippen molar-refractivity contribution < 1.29 is 14.3 Å². The first-order valence-electron chi connectivity index (χ1n) is 10.8. The van der Waals surface area contributed by atoms with Gasteiger partial charge >= 0.3 is 6.03 Å². The van der Waals surface area contributed by atoms with Crippen LogP contribution in [0.4, 0.5) is 10.5 Å². The predicted octanol–water partition coefficient (Wildman–Crippen LogP) is 2.17. The van der Waals surface area contributed by atoms with Crippen LogP contribution in [0.2, 0.25) is 0 Å². The van der Waals surface area contributed by atoms with Crippen LogP contribution >= 0.6 is 0 Å². The summed E-state index contributed by atoms with van der Waals surface area (Å²) in [6, 6.07) is 0.315. The van der Waals surface area contributed by atoms with Crippen molar-refractivity contribution in [3.8, 4) is 0 Å². The summed E-state index contributed by atoms with van der Waals surface area (Å²) in [6.45, 7) is 6.85. The van der Waals surface area contributed by atoms with E-state index in [4.69, 9.17) is 9.47 Å². The van der Waals surface area contributed by atoms with Crippen molar-refractivity contribution in [2.24, 2.45) is 0 Å². The van der Waals surface area contributed by atoms with Crippen molar-refractivity contribution in [3.63, 3.8) is 0 Å². The van der Waals surface area contributed by atoms with E-state index in [1.165, 1.54) is 12.8 Å². The predicted molar refractivity (Wildman–Crippen MR) is 106 cm³/mol. The smallest absolute Gasteiger partial charge is 0.322 e. The van der Waals surface area contributed by atoms with Crippen LogP contribution in [0.25, 0.3) is 0 Å². The number of carbonyl (C=O) groups excluding carboxylic acids is 1. The molecule has 8 nitrogen and oxygen atoms in total. The summed E-state index contributed by atoms with van der Waals surface area (Å²) in [5, 5.41) is 7.48. The van der Waals surface area contributed by atoms with Gasteiger partial charge in [0.2, 0.25) is 0 Å². The number of anilines is 1. The van der Waals surface area contributed by atoms with Crippen LogP contribution in [0, 0.1) is 0 Å². The van der Waals surface area contributed by atoms with Gasteiger partial charge in [0.05, 0.1) is 37.7 Å². The van der Waals surface area contributed by atoms with Gasteiger partial charge in [0, 0.05) is 45.0 Å². The summed E-state index contributed by atoms with van der Waals surface area (Å²) in [5.41, 5.74) is 0.766. The van der Waals surface area contributed by atoms with Crippen LogP contribution in [0.3, 0.4) is 0 Å². The van der Waals surface area contributed by atoms with E-state index in [0.717, 1.165) is 77.4 Å². The van der Waals surface area contributed by atoms with Gasteiger partial charge in [-0.05, 0) is 25.7 Å². The molecule has 3 heterocycles. The lowest BCUT2D eigenvalue weighted by Crippen LogP contribution is -2.45. The minimum absolute atomic E-state index is 0.0184. The highest BCUT2D eigenvalue weighted by Crippen LogP contribution is 2.26. The van der Waals surface area contributed by atoms with E-state index in [9.17, 15) is 4.79 Å². The molecule has 1 saturated carbocycles. The van der Waals surface area contributed by atoms with E-state index >= 15 is 0 Å². The van der Waals surface area contributed by atoms with Gasteiger partial charge in [0.15, 0.2) is 0 Å². The first-order valence-corrected chi connectivity index (χ1v) is 10.8. The number of ether oxygens (including phenoxy) is 2. The highest BCUT2D eigenvalue weighted by molar-refractivity contribution is 5.89. The molecule has 1 N–H and O–H groups in total. The number of hydrogen-bond acceptors (Lipinski definition) is 5. The van der Waals surface area contributed by atoms with Crippen LogP contribution in [0.5, 0.6) is 0 Å². The molecule has 8 heteroatoms. The molecule has 0 spiro atoms. The molecule has 2 saturated heterocycles. The number of morpholine rings is 1. The van der Waals surface area contributed by atoms with Gasteiger partial charge < -0.3 is 19.7 Å². The quantitative estimate of drug-likeness (QED) is 0.771. The topological polar surface area (TPSA) is 71.9 Å². The van der Waals surface area contributed by atoms with Gasteiger partial charge in [-0.2, -0.15) is 5.10 Å². The normalized spacial score (nSPS) is 23.9. The van der Waals surface area contributed by atoms with E-state index in [1.807, 2.05) is 15.8 Å². The van der Waals surface area contributed by atoms with Crippen LogP contribution < -0.4 is 5.32 Å². The first kappa shape index (κ1) is 19.7. The Bertz CT molecular complexity index is 619. The molecule has 0 bridgehead atoms. The van der Waals surface area contributed by atoms with E-state index in [-0.39, 0.29) is 12.1 Å². The van der Waals surface area contributed by atoms with Gasteiger partial charge in [-0.3, -0.25) is 9.58 Å². The third-order valence-corrected chi connectivity index (χ3v) is 6.08. The number of nitrogens with one attached hydrogen (secondary N) is 1. The fraction of sp³-hybridized carbons (Fsp3) is 0.800. The molecule has 1 atom stereocenters. The van der Waals surface area contributed by atoms with Crippen molar-refractivity contribution >= 4 is 11.7 Å². The molecule has 2 amide bonds. The fourth-order valence-corrected chi connectivity index (χ4v) is 4.44. The third-order valence-electron chi connectivity index (χ3n) is 6.08. The first-order chi connectivity index (χ1) is 13.8. The average molecular weight is 392 g/mol. The molecule has 2 aliphatic heterocycles. The molecule has 1 aromatic heterocycles. The average Bonchev–Trinajstić information content (AvgIpc) is 3.48. The monoisotopic (exact) mass is 391 g/mol. The molecule has 156 valence electrons. The zero-order valence-corrected chi connectivity index (χ0v) is 16.7. The molecule has 3 fully saturated rings. The molecule has 0 radical (unpaired) electrons. The lowest BCUT2D eigenvalue weighted by Gasteiger charge is -2.31. The maximum atomic E-state index is 13.0. The van der Waals surface area contributed by atoms with Gasteiger partial charge in [0.25, 0.3) is 0 Å². The second-order valence-electron chi connectivity index (χ2n) is 8.10. The van der Waals surface area contributed by atoms with E-state index in [1.54, 1.807) is 6.20 Å². The van der Waals surface area contributed by atoms with Crippen LogP contribution in [-0.4, -0.2) is 83.8 Å². The summed E-state index contributed by atoms with van der Waals surface area (Å²) in [7, 11) is 0. The summed E-state index contributed by atoms with van der Waals surface area (Å²) < 4.78 is 13.1. The highest BCUT2D eigenvalue weighted by Gasteiger charge is 2.30. The summed E-state index contributed by atoms with van der Waals surface area (Å²) >= 11 is 0. The van der Waals surface area contributed by atoms with Crippen molar-refractivity contribution in [3.05, 3.63) is 12.4 Å². The standard InChI is InChI=1S/C20H33N5O3/c26-20(25(18-4-1-2-5-18)16-19-6-3-11-28-19)22-17-14-21-24(15-17)8-7-23-9-12-27-13-10-23/h14-15,18-19H,1-13,16H2,(H,22,26)/t19-/m0/s1. The minimum atomic E-state index is -0.0184. The van der Waals surface area contributed by atoms with Crippen molar-refractivity contribution in [2.75, 3.05) is 51.3 Å². The van der Waals surface area contributed by atoms with Crippen LogP contribution in [0.15, 0.2) is 12.4 Å². The maximum Gasteiger partial charge on any atom is 0.322 e. The second-order valence-corrected chi connectivity index (χ2v) is 8.10. The largest absolute Gasteiger partial charge is 0.379 e. The molecular weight excluding hydrogens is 358 g/mol. The minimum Gasteiger partial charge on any atom is -0.379 e. The Hall–Kier alpha value is -1.64. The Labute approximate surface area is 167 Å². The Morgan fingerprint density at radius 1 is 1.14 bits per heavy atom. The lowest BCUT2D eigenvalue weighted by molar-refractivity contribution is 0.0360. The van der Waals surface area contributed by atoms with Gasteiger partial charge in [-0.15, -0.1) is 0 Å². The number of nitrogens with zero attached hydrogens (tertiary/aromatic N) is 4. The van der Waals surface area contributed by atoms with Gasteiger partial charge in [0.1, 0.15) is 0 Å². The molecule has 1 aliphatic carbocycles. The second kappa shape index (κ2) is 9.71. The Kier molecular flexibility index (Phi) is 6.82. The van der Waals surface area contributed by atoms with Crippen molar-refractivity contribution in [1.29, 1.82) is 0 Å². The van der Waals surface area contributed by atoms with Gasteiger partial charge in [-0.25, -0.2) is 4.79 Å². The zero-order valence-electron chi connectivity index (χ0n) is 16.7. The fourth-order valence-electron chi connectivity index (χ4n) is 4.44. The molecule has 1 aromatic rings. The van der Waals surface area contributed by atoms with Crippen LogP contribution in [0.1, 0.15) is 38.5 Å². The number of rotatable bonds is 7. The maximum absolute atomic E-state index is 13.0. The summed E-state index contributed by atoms with van der Waals surface area (Å²) in [5.74, 6) is 0. The number of urea groups is 1. The summed E-state index contributed by atoms with van der Waals surface area (Å²) in [4.78, 5) is 17.4. The molecule has 28 heavy (non-hydrogen) atoms. The number of carbonyl (C=O) groups is 1. The highest BCUT2D eigenvalue weighted by atomic mass is 16.5. The number of hydrogen-bond donors (Lipinski definition) is 1. The molecule has 0 aromatic carbocycles. The Morgan fingerprint density at radius 2 is 1.96 bits per heavy atom. The SMILES string of the molecule is O=C(Nc1cnn(CCN2CCOCC2)c1)N(C[C@@H]1CCCO1)C1CCCC1. The molecule has 4 rings (SSSR count). The zero-order chi connectivity index (χ0) is 19.2. The molecule has 0 unspecified atom stereocenters. The molecule has 3 aliphatic rings. The van der Waals surface area contributed by atoms with Crippen molar-refractivity contribution in [1.82, 2.24) is 19.6 Å². The van der Waals surface area contributed by atoms with Crippen LogP contribution in [-0.2, 0) is 16.0 Å².